The molecule has 1 saturated carbocycles. The van der Waals surface area contributed by atoms with E-state index in [-0.39, 0.29) is 39.8 Å². The maximum Gasteiger partial charge on any atom is 0.242 e. The third kappa shape index (κ3) is 3.53. The fraction of sp³-hybridized carbons (Fsp3) is 0.375. The molecule has 0 bridgehead atoms. The minimum Gasteiger partial charge on any atom is -0.506 e. The lowest BCUT2D eigenvalue weighted by Crippen LogP contribution is -2.33. The molecule has 2 aliphatic rings. The normalized spacial score (nSPS) is 20.0. The van der Waals surface area contributed by atoms with Gasteiger partial charge in [0.2, 0.25) is 5.91 Å². The molecule has 4 aromatic heterocycles. The Morgan fingerprint density at radius 3 is 2.81 bits per heavy atom. The zero-order valence-corrected chi connectivity index (χ0v) is 20.3. The number of hydrogen-bond donors (Lipinski definition) is 3. The minimum atomic E-state index is -1.31. The predicted octanol–water partition coefficient (Wildman–Crippen LogP) is 3.30. The zero-order valence-electron chi connectivity index (χ0n) is 19.6. The van der Waals surface area contributed by atoms with E-state index in [0.717, 1.165) is 12.1 Å². The number of nitrogens with zero attached hydrogens (tertiary/aromatic N) is 7. The average Bonchev–Trinajstić information content (AvgIpc) is 3.44. The number of aromatic hydroxyl groups is 1. The van der Waals surface area contributed by atoms with Crippen LogP contribution >= 0.6 is 11.6 Å². The number of nitrogens with one attached hydrogen (secondary N) is 1. The van der Waals surface area contributed by atoms with Crippen molar-refractivity contribution >= 4 is 34.8 Å². The van der Waals surface area contributed by atoms with Gasteiger partial charge in [0, 0.05) is 12.3 Å². The van der Waals surface area contributed by atoms with E-state index in [4.69, 9.17) is 22.3 Å². The van der Waals surface area contributed by atoms with E-state index in [1.165, 1.54) is 50.7 Å². The molecule has 4 N–H and O–H groups in total. The summed E-state index contributed by atoms with van der Waals surface area (Å²) in [5.41, 5.74) is 7.81. The number of rotatable bonds is 4. The summed E-state index contributed by atoms with van der Waals surface area (Å²) in [5, 5.41) is 17.3. The Labute approximate surface area is 211 Å². The zero-order chi connectivity index (χ0) is 25.0. The highest BCUT2D eigenvalue weighted by molar-refractivity contribution is 6.31. The first-order chi connectivity index (χ1) is 17.3. The van der Waals surface area contributed by atoms with Gasteiger partial charge in [0.25, 0.3) is 0 Å². The number of hydrogen-bond acceptors (Lipinski definition) is 9. The Hall–Kier alpha value is -3.86. The Morgan fingerprint density at radius 2 is 2.03 bits per heavy atom. The van der Waals surface area contributed by atoms with E-state index in [9.17, 15) is 9.90 Å². The van der Waals surface area contributed by atoms with Crippen molar-refractivity contribution in [2.75, 3.05) is 11.1 Å². The standard InChI is InChI=1S/C24H24ClN9O2/c1-24(17-8-16(35)13(25)9-27-17)18-19(26)31-20(32-21(18)33-23(24)36)15-10-34-22(28-11-29-34)14(30-15)7-12-5-3-2-4-6-12/h8-12H,2-7H2,1H3,(H,27,35)(H3,26,31,32,33,36)/t24-/m0/s1. The molecule has 0 saturated heterocycles. The number of fused-ring (bicyclic) bond motifs is 2. The van der Waals surface area contributed by atoms with Crippen LogP contribution in [0, 0.1) is 5.92 Å². The van der Waals surface area contributed by atoms with Gasteiger partial charge in [0.05, 0.1) is 23.1 Å². The van der Waals surface area contributed by atoms with Gasteiger partial charge in [-0.25, -0.2) is 24.5 Å². The molecule has 1 atom stereocenters. The number of amides is 1. The molecule has 0 radical (unpaired) electrons. The van der Waals surface area contributed by atoms with Crippen molar-refractivity contribution in [3.05, 3.63) is 46.8 Å². The van der Waals surface area contributed by atoms with Crippen LogP contribution in [0.3, 0.4) is 0 Å². The number of carbonyl (C=O) groups is 1. The second kappa shape index (κ2) is 8.37. The molecule has 0 spiro atoms. The van der Waals surface area contributed by atoms with Crippen molar-refractivity contribution in [3.8, 4) is 17.3 Å². The molecule has 12 heteroatoms. The van der Waals surface area contributed by atoms with Crippen molar-refractivity contribution in [1.29, 1.82) is 0 Å². The molecule has 0 aromatic carbocycles. The van der Waals surface area contributed by atoms with Crippen LogP contribution in [0.5, 0.6) is 5.75 Å². The fourth-order valence-corrected chi connectivity index (χ4v) is 5.37. The summed E-state index contributed by atoms with van der Waals surface area (Å²) in [6.07, 6.45) is 11.4. The molecule has 5 heterocycles. The van der Waals surface area contributed by atoms with E-state index < -0.39 is 5.41 Å². The van der Waals surface area contributed by atoms with Gasteiger partial charge >= 0.3 is 0 Å². The monoisotopic (exact) mass is 505 g/mol. The number of halogens is 1. The first kappa shape index (κ1) is 22.6. The smallest absolute Gasteiger partial charge is 0.242 e. The van der Waals surface area contributed by atoms with Crippen molar-refractivity contribution in [2.45, 2.75) is 50.9 Å². The molecule has 4 aromatic rings. The predicted molar refractivity (Wildman–Crippen MR) is 132 cm³/mol. The Bertz CT molecular complexity index is 1520. The second-order valence-electron chi connectivity index (χ2n) is 9.57. The lowest BCUT2D eigenvalue weighted by Gasteiger charge is -2.22. The largest absolute Gasteiger partial charge is 0.506 e. The molecule has 1 aliphatic carbocycles. The quantitative estimate of drug-likeness (QED) is 0.378. The highest BCUT2D eigenvalue weighted by Gasteiger charge is 2.49. The van der Waals surface area contributed by atoms with Crippen LogP contribution in [-0.2, 0) is 16.6 Å². The molecule has 6 rings (SSSR count). The maximum absolute atomic E-state index is 13.1. The first-order valence-electron chi connectivity index (χ1n) is 11.9. The van der Waals surface area contributed by atoms with E-state index in [2.05, 4.69) is 30.4 Å². The molecule has 1 aliphatic heterocycles. The maximum atomic E-state index is 13.1. The van der Waals surface area contributed by atoms with Gasteiger partial charge in [-0.3, -0.25) is 9.78 Å². The topological polar surface area (TPSA) is 157 Å². The number of pyridine rings is 1. The summed E-state index contributed by atoms with van der Waals surface area (Å²) in [6, 6.07) is 1.35. The van der Waals surface area contributed by atoms with Gasteiger partial charge in [0.1, 0.15) is 39.8 Å². The molecule has 184 valence electrons. The molecular weight excluding hydrogens is 482 g/mol. The van der Waals surface area contributed by atoms with E-state index in [1.807, 2.05) is 0 Å². The third-order valence-electron chi connectivity index (χ3n) is 7.24. The highest BCUT2D eigenvalue weighted by Crippen LogP contribution is 2.45. The number of carbonyl (C=O) groups excluding carboxylic acids is 1. The lowest BCUT2D eigenvalue weighted by molar-refractivity contribution is -0.119. The van der Waals surface area contributed by atoms with Crippen molar-refractivity contribution in [1.82, 2.24) is 34.5 Å². The molecule has 36 heavy (non-hydrogen) atoms. The van der Waals surface area contributed by atoms with Gasteiger partial charge in [-0.05, 0) is 19.3 Å². The molecule has 1 fully saturated rings. The number of aromatic nitrogens is 7. The molecule has 1 amide bonds. The van der Waals surface area contributed by atoms with E-state index in [0.29, 0.717) is 22.8 Å². The molecule has 0 unspecified atom stereocenters. The van der Waals surface area contributed by atoms with Gasteiger partial charge in [-0.2, -0.15) is 5.10 Å². The van der Waals surface area contributed by atoms with Crippen LogP contribution in [0.25, 0.3) is 17.2 Å². The fourth-order valence-electron chi connectivity index (χ4n) is 5.27. The lowest BCUT2D eigenvalue weighted by atomic mass is 9.80. The summed E-state index contributed by atoms with van der Waals surface area (Å²) < 4.78 is 1.68. The van der Waals surface area contributed by atoms with Gasteiger partial charge in [0.15, 0.2) is 11.5 Å². The van der Waals surface area contributed by atoms with Crippen molar-refractivity contribution < 1.29 is 9.90 Å². The van der Waals surface area contributed by atoms with E-state index >= 15 is 0 Å². The number of nitrogens with two attached hydrogens (primary N) is 1. The summed E-state index contributed by atoms with van der Waals surface area (Å²) in [4.78, 5) is 35.8. The summed E-state index contributed by atoms with van der Waals surface area (Å²) >= 11 is 5.92. The molecular formula is C24H24ClN9O2. The van der Waals surface area contributed by atoms with Crippen LogP contribution in [-0.4, -0.2) is 45.5 Å². The van der Waals surface area contributed by atoms with Crippen molar-refractivity contribution in [3.63, 3.8) is 0 Å². The number of nitrogen functional groups attached to an aromatic ring is 1. The van der Waals surface area contributed by atoms with Gasteiger partial charge in [-0.15, -0.1) is 0 Å². The Morgan fingerprint density at radius 1 is 1.22 bits per heavy atom. The van der Waals surface area contributed by atoms with Crippen molar-refractivity contribution in [2.24, 2.45) is 5.92 Å². The summed E-state index contributed by atoms with van der Waals surface area (Å²) in [5.74, 6) is 0.636. The summed E-state index contributed by atoms with van der Waals surface area (Å²) in [7, 11) is 0. The third-order valence-corrected chi connectivity index (χ3v) is 7.53. The molecule has 11 nitrogen and oxygen atoms in total. The second-order valence-corrected chi connectivity index (χ2v) is 9.97. The Kier molecular flexibility index (Phi) is 5.25. The summed E-state index contributed by atoms with van der Waals surface area (Å²) in [6.45, 7) is 1.66. The van der Waals surface area contributed by atoms with E-state index in [1.54, 1.807) is 17.6 Å². The van der Waals surface area contributed by atoms with Crippen LogP contribution < -0.4 is 11.1 Å². The van der Waals surface area contributed by atoms with Crippen LogP contribution in [0.2, 0.25) is 5.02 Å². The minimum absolute atomic E-state index is 0.0826. The van der Waals surface area contributed by atoms with Crippen LogP contribution in [0.15, 0.2) is 24.8 Å². The Balaban J connectivity index is 1.43. The number of anilines is 2. The SMILES string of the molecule is C[C@@]1(c2cc(O)c(Cl)cn2)C(=O)Nc2nc(-c3cn4ncnc4c(CC4CCCCC4)n3)nc(N)c21. The van der Waals surface area contributed by atoms with Crippen LogP contribution in [0.1, 0.15) is 56.0 Å². The van der Waals surface area contributed by atoms with Gasteiger partial charge < -0.3 is 16.2 Å². The highest BCUT2D eigenvalue weighted by atomic mass is 35.5. The average molecular weight is 506 g/mol. The van der Waals surface area contributed by atoms with Gasteiger partial charge in [-0.1, -0.05) is 43.7 Å². The van der Waals surface area contributed by atoms with Crippen LogP contribution in [0.4, 0.5) is 11.6 Å². The first-order valence-corrected chi connectivity index (χ1v) is 12.3.